The predicted molar refractivity (Wildman–Crippen MR) is 151 cm³/mol. The summed E-state index contributed by atoms with van der Waals surface area (Å²) in [5, 5.41) is 3.22. The first-order valence-electron chi connectivity index (χ1n) is 13.5. The van der Waals surface area contributed by atoms with Crippen LogP contribution in [0.3, 0.4) is 0 Å². The fourth-order valence-corrected chi connectivity index (χ4v) is 5.85. The molecule has 2 fully saturated rings. The van der Waals surface area contributed by atoms with Gasteiger partial charge in [-0.15, -0.1) is 0 Å². The van der Waals surface area contributed by atoms with Crippen molar-refractivity contribution >= 4 is 23.6 Å². The number of benzene rings is 3. The van der Waals surface area contributed by atoms with Crippen molar-refractivity contribution in [2.45, 2.75) is 43.7 Å². The molecule has 214 valence electrons. The Kier molecular flexibility index (Phi) is 7.97. The van der Waals surface area contributed by atoms with Gasteiger partial charge in [-0.2, -0.15) is 0 Å². The Hall–Kier alpha value is -4.40. The summed E-state index contributed by atoms with van der Waals surface area (Å²) in [6.45, 7) is 0. The number of rotatable bonds is 8. The molecule has 3 aromatic rings. The molecule has 1 atom stereocenters. The molecule has 0 bridgehead atoms. The van der Waals surface area contributed by atoms with Gasteiger partial charge >= 0.3 is 0 Å². The number of imide groups is 1. The van der Waals surface area contributed by atoms with Crippen LogP contribution >= 0.6 is 0 Å². The number of ether oxygens (including phenoxy) is 3. The number of amides is 2. The average molecular weight is 563 g/mol. The number of carbonyl (C=O) groups is 2. The van der Waals surface area contributed by atoms with Crippen molar-refractivity contribution in [2.75, 3.05) is 26.6 Å². The SMILES string of the molecule is COc1cc(NC2(c3cc(F)cc(F)c3)C(=O)N(C3CCCCC3)C(=O)C2=Cc2ccccc2)cc(OC)c1OC. The lowest BCUT2D eigenvalue weighted by molar-refractivity contribution is -0.142. The normalized spacial score (nSPS) is 20.4. The van der Waals surface area contributed by atoms with Gasteiger partial charge in [0.15, 0.2) is 17.0 Å². The van der Waals surface area contributed by atoms with Gasteiger partial charge in [-0.25, -0.2) is 8.78 Å². The third-order valence-corrected chi connectivity index (χ3v) is 7.74. The van der Waals surface area contributed by atoms with Crippen LogP contribution < -0.4 is 19.5 Å². The van der Waals surface area contributed by atoms with Crippen molar-refractivity contribution < 1.29 is 32.6 Å². The molecule has 1 N–H and O–H groups in total. The molecule has 1 saturated heterocycles. The summed E-state index contributed by atoms with van der Waals surface area (Å²) >= 11 is 0. The highest BCUT2D eigenvalue weighted by Gasteiger charge is 2.59. The quantitative estimate of drug-likeness (QED) is 0.265. The van der Waals surface area contributed by atoms with E-state index in [4.69, 9.17) is 14.2 Å². The van der Waals surface area contributed by atoms with Crippen LogP contribution in [0.4, 0.5) is 14.5 Å². The zero-order chi connectivity index (χ0) is 29.1. The topological polar surface area (TPSA) is 77.1 Å². The largest absolute Gasteiger partial charge is 0.493 e. The van der Waals surface area contributed by atoms with E-state index in [1.807, 2.05) is 18.2 Å². The average Bonchev–Trinajstić information content (AvgIpc) is 3.18. The predicted octanol–water partition coefficient (Wildman–Crippen LogP) is 6.08. The Labute approximate surface area is 237 Å². The molecule has 1 saturated carbocycles. The van der Waals surface area contributed by atoms with E-state index in [-0.39, 0.29) is 17.2 Å². The maximum Gasteiger partial charge on any atom is 0.264 e. The molecule has 41 heavy (non-hydrogen) atoms. The number of hydrogen-bond acceptors (Lipinski definition) is 6. The molecule has 9 heteroatoms. The molecular weight excluding hydrogens is 530 g/mol. The highest BCUT2D eigenvalue weighted by Crippen LogP contribution is 2.47. The number of likely N-dealkylation sites (tertiary alicyclic amines) is 1. The van der Waals surface area contributed by atoms with Gasteiger partial charge in [0.05, 0.1) is 26.9 Å². The first-order chi connectivity index (χ1) is 19.8. The minimum Gasteiger partial charge on any atom is -0.493 e. The van der Waals surface area contributed by atoms with Crippen LogP contribution in [0.15, 0.2) is 66.2 Å². The summed E-state index contributed by atoms with van der Waals surface area (Å²) in [7, 11) is 4.37. The molecule has 1 aliphatic carbocycles. The highest BCUT2D eigenvalue weighted by atomic mass is 19.1. The van der Waals surface area contributed by atoms with Crippen LogP contribution in [0.25, 0.3) is 6.08 Å². The van der Waals surface area contributed by atoms with E-state index in [1.54, 1.807) is 30.3 Å². The van der Waals surface area contributed by atoms with Gasteiger partial charge in [0.25, 0.3) is 11.8 Å². The van der Waals surface area contributed by atoms with Crippen LogP contribution in [0.2, 0.25) is 0 Å². The number of hydrogen-bond donors (Lipinski definition) is 1. The van der Waals surface area contributed by atoms with Crippen LogP contribution in [-0.4, -0.2) is 44.1 Å². The Morgan fingerprint density at radius 2 is 1.46 bits per heavy atom. The van der Waals surface area contributed by atoms with Crippen molar-refractivity contribution in [2.24, 2.45) is 0 Å². The van der Waals surface area contributed by atoms with Gasteiger partial charge in [0.1, 0.15) is 11.6 Å². The molecule has 1 unspecified atom stereocenters. The third kappa shape index (κ3) is 5.12. The molecule has 0 spiro atoms. The Morgan fingerprint density at radius 1 is 0.854 bits per heavy atom. The van der Waals surface area contributed by atoms with Gasteiger partial charge < -0.3 is 19.5 Å². The molecule has 2 amide bonds. The van der Waals surface area contributed by atoms with E-state index in [1.165, 1.54) is 26.2 Å². The van der Waals surface area contributed by atoms with Crippen LogP contribution in [0.1, 0.15) is 43.2 Å². The molecule has 1 heterocycles. The maximum absolute atomic E-state index is 14.8. The highest BCUT2D eigenvalue weighted by molar-refractivity contribution is 6.23. The van der Waals surface area contributed by atoms with E-state index in [0.717, 1.165) is 37.5 Å². The number of methoxy groups -OCH3 is 3. The van der Waals surface area contributed by atoms with Gasteiger partial charge in [0, 0.05) is 29.9 Å². The molecule has 7 nitrogen and oxygen atoms in total. The Balaban J connectivity index is 1.79. The van der Waals surface area contributed by atoms with Gasteiger partial charge in [-0.3, -0.25) is 14.5 Å². The second-order valence-electron chi connectivity index (χ2n) is 10.2. The molecule has 3 aromatic carbocycles. The van der Waals surface area contributed by atoms with E-state index in [9.17, 15) is 18.4 Å². The molecule has 5 rings (SSSR count). The number of carbonyl (C=O) groups excluding carboxylic acids is 2. The molecule has 0 aromatic heterocycles. The Morgan fingerprint density at radius 3 is 2.02 bits per heavy atom. The van der Waals surface area contributed by atoms with Gasteiger partial charge in [-0.1, -0.05) is 49.6 Å². The summed E-state index contributed by atoms with van der Waals surface area (Å²) in [6, 6.07) is 14.8. The number of nitrogens with zero attached hydrogens (tertiary/aromatic N) is 1. The summed E-state index contributed by atoms with van der Waals surface area (Å²) in [6.07, 6.45) is 5.70. The molecule has 2 aliphatic rings. The van der Waals surface area contributed by atoms with Crippen LogP contribution in [0, 0.1) is 11.6 Å². The summed E-state index contributed by atoms with van der Waals surface area (Å²) < 4.78 is 46.1. The van der Waals surface area contributed by atoms with E-state index < -0.39 is 29.0 Å². The van der Waals surface area contributed by atoms with E-state index in [2.05, 4.69) is 5.32 Å². The van der Waals surface area contributed by atoms with Crippen molar-refractivity contribution in [1.29, 1.82) is 0 Å². The third-order valence-electron chi connectivity index (χ3n) is 7.74. The lowest BCUT2D eigenvalue weighted by Crippen LogP contribution is -2.48. The second-order valence-corrected chi connectivity index (χ2v) is 10.2. The molecule has 0 radical (unpaired) electrons. The minimum atomic E-state index is -1.96. The first kappa shape index (κ1) is 28.1. The standard InChI is InChI=1S/C32H32F2N2O5/c1-39-27-18-24(19-28(40-2)29(27)41-3)35-32(21-15-22(33)17-23(34)16-21)26(14-20-10-6-4-7-11-20)30(37)36(31(32)38)25-12-8-5-9-13-25/h4,6-7,10-11,14-19,25,35H,5,8-9,12-13H2,1-3H3. The monoisotopic (exact) mass is 562 g/mol. The first-order valence-corrected chi connectivity index (χ1v) is 13.5. The maximum atomic E-state index is 14.8. The van der Waals surface area contributed by atoms with E-state index in [0.29, 0.717) is 41.3 Å². The molecular formula is C32H32F2N2O5. The number of nitrogens with one attached hydrogen (secondary N) is 1. The van der Waals surface area contributed by atoms with Crippen molar-refractivity contribution in [3.63, 3.8) is 0 Å². The zero-order valence-electron chi connectivity index (χ0n) is 23.2. The number of anilines is 1. The smallest absolute Gasteiger partial charge is 0.264 e. The fourth-order valence-electron chi connectivity index (χ4n) is 5.85. The lowest BCUT2D eigenvalue weighted by atomic mass is 9.82. The van der Waals surface area contributed by atoms with Gasteiger partial charge in [-0.05, 0) is 42.2 Å². The van der Waals surface area contributed by atoms with Crippen molar-refractivity contribution in [3.8, 4) is 17.2 Å². The summed E-state index contributed by atoms with van der Waals surface area (Å²) in [5.74, 6) is -1.94. The van der Waals surface area contributed by atoms with Gasteiger partial charge in [0.2, 0.25) is 5.75 Å². The number of halogens is 2. The van der Waals surface area contributed by atoms with Crippen LogP contribution in [0.5, 0.6) is 17.2 Å². The summed E-state index contributed by atoms with van der Waals surface area (Å²) in [4.78, 5) is 30.2. The Bertz CT molecular complexity index is 1440. The second kappa shape index (κ2) is 11.6. The van der Waals surface area contributed by atoms with E-state index >= 15 is 0 Å². The molecule has 1 aliphatic heterocycles. The van der Waals surface area contributed by atoms with Crippen molar-refractivity contribution in [1.82, 2.24) is 4.90 Å². The van der Waals surface area contributed by atoms with Crippen molar-refractivity contribution in [3.05, 3.63) is 89.0 Å². The van der Waals surface area contributed by atoms with Crippen LogP contribution in [-0.2, 0) is 15.1 Å². The summed E-state index contributed by atoms with van der Waals surface area (Å²) in [5.41, 5.74) is -0.977. The lowest BCUT2D eigenvalue weighted by Gasteiger charge is -2.34. The minimum absolute atomic E-state index is 0.0393. The zero-order valence-corrected chi connectivity index (χ0v) is 23.2. The fraction of sp³-hybridized carbons (Fsp3) is 0.312.